The van der Waals surface area contributed by atoms with Crippen LogP contribution in [0.3, 0.4) is 0 Å². The van der Waals surface area contributed by atoms with Crippen LogP contribution >= 0.6 is 0 Å². The van der Waals surface area contributed by atoms with Gasteiger partial charge in [0.05, 0.1) is 18.9 Å². The zero-order valence-corrected chi connectivity index (χ0v) is 12.6. The average molecular weight is 277 g/mol. The van der Waals surface area contributed by atoms with Gasteiger partial charge in [-0.3, -0.25) is 4.68 Å². The number of aryl methyl sites for hydroxylation is 1. The Balaban J connectivity index is 1.42. The Hall–Kier alpha value is -0.870. The summed E-state index contributed by atoms with van der Waals surface area (Å²) in [5, 5.41) is 8.05. The van der Waals surface area contributed by atoms with Gasteiger partial charge in [-0.1, -0.05) is 19.3 Å². The van der Waals surface area contributed by atoms with Crippen LogP contribution in [0, 0.1) is 0 Å². The van der Waals surface area contributed by atoms with Crippen molar-refractivity contribution >= 4 is 0 Å². The molecule has 0 saturated heterocycles. The minimum absolute atomic E-state index is 0.474. The summed E-state index contributed by atoms with van der Waals surface area (Å²) in [5.41, 5.74) is 2.80. The van der Waals surface area contributed by atoms with Crippen LogP contribution in [0.4, 0.5) is 0 Å². The van der Waals surface area contributed by atoms with E-state index in [2.05, 4.69) is 10.4 Å². The predicted molar refractivity (Wildman–Crippen MR) is 79.7 cm³/mol. The number of nitrogens with zero attached hydrogens (tertiary/aromatic N) is 2. The summed E-state index contributed by atoms with van der Waals surface area (Å²) < 4.78 is 8.01. The number of aromatic nitrogens is 2. The van der Waals surface area contributed by atoms with E-state index < -0.39 is 0 Å². The van der Waals surface area contributed by atoms with Gasteiger partial charge in [-0.15, -0.1) is 0 Å². The second-order valence-corrected chi connectivity index (χ2v) is 6.20. The fourth-order valence-corrected chi connectivity index (χ4v) is 3.61. The molecule has 0 amide bonds. The molecule has 1 saturated carbocycles. The molecule has 4 heteroatoms. The lowest BCUT2D eigenvalue weighted by Crippen LogP contribution is -2.29. The van der Waals surface area contributed by atoms with Crippen molar-refractivity contribution in [2.75, 3.05) is 13.2 Å². The third-order valence-corrected chi connectivity index (χ3v) is 4.77. The molecular formula is C16H27N3O. The summed E-state index contributed by atoms with van der Waals surface area (Å²) in [6, 6.07) is 0.474. The Morgan fingerprint density at radius 2 is 2.10 bits per heavy atom. The fraction of sp³-hybridized carbons (Fsp3) is 0.812. The molecule has 20 heavy (non-hydrogen) atoms. The number of fused-ring (bicyclic) bond motifs is 1. The van der Waals surface area contributed by atoms with E-state index in [4.69, 9.17) is 4.74 Å². The van der Waals surface area contributed by atoms with Crippen molar-refractivity contribution < 1.29 is 4.74 Å². The molecule has 4 nitrogen and oxygen atoms in total. The summed E-state index contributed by atoms with van der Waals surface area (Å²) in [7, 11) is 2.05. The van der Waals surface area contributed by atoms with Crippen LogP contribution in [-0.4, -0.2) is 29.0 Å². The van der Waals surface area contributed by atoms with Crippen molar-refractivity contribution in [1.29, 1.82) is 0 Å². The normalized spacial score (nSPS) is 23.8. The fourth-order valence-electron chi connectivity index (χ4n) is 3.61. The van der Waals surface area contributed by atoms with E-state index in [1.165, 1.54) is 62.6 Å². The highest BCUT2D eigenvalue weighted by atomic mass is 16.5. The van der Waals surface area contributed by atoms with Crippen LogP contribution in [0.2, 0.25) is 0 Å². The Morgan fingerprint density at radius 1 is 1.25 bits per heavy atom. The maximum atomic E-state index is 5.98. The second kappa shape index (κ2) is 6.72. The largest absolute Gasteiger partial charge is 0.377 e. The van der Waals surface area contributed by atoms with Crippen molar-refractivity contribution in [2.45, 2.75) is 63.5 Å². The molecule has 0 aliphatic heterocycles. The summed E-state index contributed by atoms with van der Waals surface area (Å²) in [6.07, 6.45) is 12.8. The molecule has 0 bridgehead atoms. The molecule has 112 valence electrons. The first kappa shape index (κ1) is 14.1. The van der Waals surface area contributed by atoms with E-state index in [9.17, 15) is 0 Å². The van der Waals surface area contributed by atoms with E-state index in [-0.39, 0.29) is 0 Å². The highest BCUT2D eigenvalue weighted by Crippen LogP contribution is 2.28. The summed E-state index contributed by atoms with van der Waals surface area (Å²) in [6.45, 7) is 1.80. The highest BCUT2D eigenvalue weighted by Gasteiger charge is 2.22. The highest BCUT2D eigenvalue weighted by molar-refractivity contribution is 5.24. The molecule has 1 fully saturated rings. The van der Waals surface area contributed by atoms with E-state index in [0.717, 1.165) is 13.2 Å². The van der Waals surface area contributed by atoms with Crippen LogP contribution in [0.5, 0.6) is 0 Å². The number of nitrogens with one attached hydrogen (secondary N) is 1. The Kier molecular flexibility index (Phi) is 4.73. The van der Waals surface area contributed by atoms with Crippen molar-refractivity contribution in [1.82, 2.24) is 15.1 Å². The van der Waals surface area contributed by atoms with Crippen LogP contribution < -0.4 is 5.32 Å². The third kappa shape index (κ3) is 3.23. The first-order valence-corrected chi connectivity index (χ1v) is 8.20. The lowest BCUT2D eigenvalue weighted by molar-refractivity contribution is 0.0291. The molecule has 1 unspecified atom stereocenters. The molecular weight excluding hydrogens is 250 g/mol. The van der Waals surface area contributed by atoms with Gasteiger partial charge >= 0.3 is 0 Å². The number of hydrogen-bond acceptors (Lipinski definition) is 3. The predicted octanol–water partition coefficient (Wildman–Crippen LogP) is 2.74. The molecule has 2 aliphatic carbocycles. The molecule has 0 spiro atoms. The first-order valence-electron chi connectivity index (χ1n) is 8.20. The Labute approximate surface area is 121 Å². The van der Waals surface area contributed by atoms with Gasteiger partial charge in [-0.25, -0.2) is 0 Å². The molecule has 1 N–H and O–H groups in total. The first-order chi connectivity index (χ1) is 9.84. The summed E-state index contributed by atoms with van der Waals surface area (Å²) in [4.78, 5) is 0. The van der Waals surface area contributed by atoms with Gasteiger partial charge in [0.25, 0.3) is 0 Å². The maximum absolute atomic E-state index is 5.98. The summed E-state index contributed by atoms with van der Waals surface area (Å²) >= 11 is 0. The van der Waals surface area contributed by atoms with E-state index in [0.29, 0.717) is 12.1 Å². The number of hydrogen-bond donors (Lipinski definition) is 1. The zero-order chi connectivity index (χ0) is 13.8. The van der Waals surface area contributed by atoms with Crippen LogP contribution in [0.15, 0.2) is 6.20 Å². The van der Waals surface area contributed by atoms with Gasteiger partial charge in [-0.05, 0) is 32.1 Å². The SMILES string of the molecule is Cn1ncc2c1CCCC2NCCOC1CCCCC1. The standard InChI is InChI=1S/C16H27N3O/c1-19-16-9-5-8-15(14(16)12-18-19)17-10-11-20-13-6-3-2-4-7-13/h12-13,15,17H,2-11H2,1H3. The van der Waals surface area contributed by atoms with Crippen LogP contribution in [0.1, 0.15) is 62.2 Å². The average Bonchev–Trinajstić information content (AvgIpc) is 2.87. The van der Waals surface area contributed by atoms with E-state index >= 15 is 0 Å². The topological polar surface area (TPSA) is 39.1 Å². The Bertz CT molecular complexity index is 423. The zero-order valence-electron chi connectivity index (χ0n) is 12.6. The van der Waals surface area contributed by atoms with Gasteiger partial charge in [0.1, 0.15) is 0 Å². The number of rotatable bonds is 5. The van der Waals surface area contributed by atoms with Crippen LogP contribution in [0.25, 0.3) is 0 Å². The molecule has 1 aromatic rings. The van der Waals surface area contributed by atoms with Gasteiger partial charge in [0.15, 0.2) is 0 Å². The van der Waals surface area contributed by atoms with E-state index in [1.807, 2.05) is 17.9 Å². The van der Waals surface area contributed by atoms with Gasteiger partial charge in [-0.2, -0.15) is 5.10 Å². The smallest absolute Gasteiger partial charge is 0.0594 e. The molecule has 1 heterocycles. The quantitative estimate of drug-likeness (QED) is 0.841. The van der Waals surface area contributed by atoms with Crippen molar-refractivity contribution in [3.8, 4) is 0 Å². The Morgan fingerprint density at radius 3 is 2.95 bits per heavy atom. The molecule has 0 radical (unpaired) electrons. The molecule has 3 rings (SSSR count). The van der Waals surface area contributed by atoms with Gasteiger partial charge < -0.3 is 10.1 Å². The van der Waals surface area contributed by atoms with Crippen LogP contribution in [-0.2, 0) is 18.2 Å². The lowest BCUT2D eigenvalue weighted by Gasteiger charge is -2.25. The van der Waals surface area contributed by atoms with Crippen molar-refractivity contribution in [2.24, 2.45) is 7.05 Å². The number of ether oxygens (including phenoxy) is 1. The van der Waals surface area contributed by atoms with Gasteiger partial charge in [0, 0.05) is 30.9 Å². The summed E-state index contributed by atoms with van der Waals surface area (Å²) in [5.74, 6) is 0. The molecule has 0 aromatic carbocycles. The molecule has 1 atom stereocenters. The van der Waals surface area contributed by atoms with Crippen molar-refractivity contribution in [3.63, 3.8) is 0 Å². The second-order valence-electron chi connectivity index (χ2n) is 6.20. The van der Waals surface area contributed by atoms with E-state index in [1.54, 1.807) is 0 Å². The lowest BCUT2D eigenvalue weighted by atomic mass is 9.93. The maximum Gasteiger partial charge on any atom is 0.0594 e. The third-order valence-electron chi connectivity index (χ3n) is 4.77. The minimum atomic E-state index is 0.474. The monoisotopic (exact) mass is 277 g/mol. The molecule has 1 aromatic heterocycles. The minimum Gasteiger partial charge on any atom is -0.377 e. The van der Waals surface area contributed by atoms with Crippen molar-refractivity contribution in [3.05, 3.63) is 17.5 Å². The molecule has 2 aliphatic rings. The van der Waals surface area contributed by atoms with Gasteiger partial charge in [0.2, 0.25) is 0 Å².